The maximum Gasteiger partial charge on any atom is 0.331 e. The number of nitrogens with one attached hydrogen (secondary N) is 2. The predicted octanol–water partition coefficient (Wildman–Crippen LogP) is 3.18. The van der Waals surface area contributed by atoms with E-state index in [4.69, 9.17) is 9.84 Å². The lowest BCUT2D eigenvalue weighted by Gasteiger charge is -2.30. The Kier molecular flexibility index (Phi) is 13.8. The largest absolute Gasteiger partial charge is 0.481 e. The van der Waals surface area contributed by atoms with Crippen LogP contribution in [-0.2, 0) is 23.9 Å². The second-order valence-electron chi connectivity index (χ2n) is 8.47. The van der Waals surface area contributed by atoms with Gasteiger partial charge in [0.15, 0.2) is 0 Å². The number of hydrogen-bond donors (Lipinski definition) is 3. The van der Waals surface area contributed by atoms with E-state index >= 15 is 0 Å². The van der Waals surface area contributed by atoms with Crippen LogP contribution in [0.1, 0.15) is 91.9 Å². The molecule has 0 heterocycles. The molecular formula is C22H40N2O6. The van der Waals surface area contributed by atoms with Gasteiger partial charge in [0.05, 0.1) is 7.11 Å². The summed E-state index contributed by atoms with van der Waals surface area (Å²) in [6, 6.07) is -0.800. The minimum Gasteiger partial charge on any atom is -0.481 e. The molecule has 0 aromatic carbocycles. The Morgan fingerprint density at radius 3 is 2.13 bits per heavy atom. The van der Waals surface area contributed by atoms with Gasteiger partial charge in [-0.2, -0.15) is 0 Å². The van der Waals surface area contributed by atoms with E-state index < -0.39 is 29.4 Å². The van der Waals surface area contributed by atoms with Crippen molar-refractivity contribution in [3.05, 3.63) is 0 Å². The van der Waals surface area contributed by atoms with Crippen molar-refractivity contribution in [1.29, 1.82) is 0 Å². The zero-order valence-corrected chi connectivity index (χ0v) is 19.2. The molecule has 0 aromatic rings. The first-order chi connectivity index (χ1) is 14.1. The van der Waals surface area contributed by atoms with E-state index in [9.17, 15) is 19.2 Å². The molecule has 0 saturated heterocycles. The van der Waals surface area contributed by atoms with E-state index in [0.29, 0.717) is 12.8 Å². The summed E-state index contributed by atoms with van der Waals surface area (Å²) in [5, 5.41) is 14.3. The number of methoxy groups -OCH3 is 1. The lowest BCUT2D eigenvalue weighted by molar-refractivity contribution is -0.151. The Bertz CT molecular complexity index is 564. The molecule has 8 nitrogen and oxygen atoms in total. The number of carboxylic acids is 1. The van der Waals surface area contributed by atoms with Gasteiger partial charge in [0.2, 0.25) is 11.8 Å². The van der Waals surface area contributed by atoms with Crippen molar-refractivity contribution in [1.82, 2.24) is 10.6 Å². The van der Waals surface area contributed by atoms with Crippen LogP contribution in [0.5, 0.6) is 0 Å². The normalized spacial score (nSPS) is 13.9. The van der Waals surface area contributed by atoms with Crippen LogP contribution in [-0.4, -0.2) is 47.6 Å². The lowest BCUT2D eigenvalue weighted by Crippen LogP contribution is -2.58. The molecule has 0 rings (SSSR count). The fourth-order valence-corrected chi connectivity index (χ4v) is 3.19. The van der Waals surface area contributed by atoms with Crippen molar-refractivity contribution >= 4 is 23.8 Å². The predicted molar refractivity (Wildman–Crippen MR) is 115 cm³/mol. The van der Waals surface area contributed by atoms with Crippen LogP contribution in [0, 0.1) is 5.92 Å². The van der Waals surface area contributed by atoms with Gasteiger partial charge in [-0.3, -0.25) is 14.4 Å². The van der Waals surface area contributed by atoms with Crippen molar-refractivity contribution in [3.63, 3.8) is 0 Å². The van der Waals surface area contributed by atoms with Crippen LogP contribution in [0.15, 0.2) is 0 Å². The number of rotatable bonds is 16. The average Bonchev–Trinajstić information content (AvgIpc) is 2.67. The molecule has 2 atom stereocenters. The molecule has 0 aliphatic carbocycles. The first-order valence-electron chi connectivity index (χ1n) is 11.0. The molecule has 3 N–H and O–H groups in total. The van der Waals surface area contributed by atoms with Crippen LogP contribution < -0.4 is 10.6 Å². The maximum absolute atomic E-state index is 12.9. The smallest absolute Gasteiger partial charge is 0.331 e. The number of ether oxygens (including phenoxy) is 1. The van der Waals surface area contributed by atoms with Crippen LogP contribution in [0.2, 0.25) is 0 Å². The van der Waals surface area contributed by atoms with Crippen LogP contribution in [0.4, 0.5) is 0 Å². The van der Waals surface area contributed by atoms with Gasteiger partial charge in [0.1, 0.15) is 11.6 Å². The van der Waals surface area contributed by atoms with E-state index in [2.05, 4.69) is 17.6 Å². The summed E-state index contributed by atoms with van der Waals surface area (Å²) in [7, 11) is 1.18. The third-order valence-corrected chi connectivity index (χ3v) is 4.99. The van der Waals surface area contributed by atoms with Gasteiger partial charge in [0, 0.05) is 12.8 Å². The fourth-order valence-electron chi connectivity index (χ4n) is 3.19. The van der Waals surface area contributed by atoms with Crippen LogP contribution >= 0.6 is 0 Å². The molecule has 30 heavy (non-hydrogen) atoms. The molecule has 0 radical (unpaired) electrons. The number of amides is 2. The zero-order chi connectivity index (χ0) is 23.2. The number of hydrogen-bond acceptors (Lipinski definition) is 5. The Labute approximate surface area is 180 Å². The molecule has 8 heteroatoms. The molecule has 0 saturated carbocycles. The van der Waals surface area contributed by atoms with Crippen LogP contribution in [0.3, 0.4) is 0 Å². The molecular weight excluding hydrogens is 388 g/mol. The Balaban J connectivity index is 4.95. The van der Waals surface area contributed by atoms with Gasteiger partial charge in [-0.25, -0.2) is 4.79 Å². The van der Waals surface area contributed by atoms with Crippen molar-refractivity contribution in [3.8, 4) is 0 Å². The van der Waals surface area contributed by atoms with E-state index in [1.54, 1.807) is 0 Å². The van der Waals surface area contributed by atoms with E-state index in [-0.39, 0.29) is 24.7 Å². The maximum atomic E-state index is 12.9. The second-order valence-corrected chi connectivity index (χ2v) is 8.47. The fraction of sp³-hybridized carbons (Fsp3) is 0.818. The number of carboxylic acid groups (broad SMARTS) is 1. The average molecular weight is 429 g/mol. The summed E-state index contributed by atoms with van der Waals surface area (Å²) in [6.45, 7) is 7.46. The summed E-state index contributed by atoms with van der Waals surface area (Å²) in [6.07, 6.45) is 6.72. The molecule has 174 valence electrons. The zero-order valence-electron chi connectivity index (χ0n) is 19.2. The molecule has 0 spiro atoms. The van der Waals surface area contributed by atoms with E-state index in [1.165, 1.54) is 33.3 Å². The van der Waals surface area contributed by atoms with E-state index in [1.807, 2.05) is 13.8 Å². The first kappa shape index (κ1) is 27.9. The summed E-state index contributed by atoms with van der Waals surface area (Å²) < 4.78 is 4.75. The van der Waals surface area contributed by atoms with Crippen molar-refractivity contribution < 1.29 is 29.0 Å². The molecule has 1 unspecified atom stereocenters. The summed E-state index contributed by atoms with van der Waals surface area (Å²) in [4.78, 5) is 48.3. The highest BCUT2D eigenvalue weighted by Gasteiger charge is 2.38. The molecule has 0 aromatic heterocycles. The van der Waals surface area contributed by atoms with Gasteiger partial charge >= 0.3 is 11.9 Å². The van der Waals surface area contributed by atoms with Gasteiger partial charge in [-0.1, -0.05) is 52.9 Å². The SMILES string of the molecule is CCCCCCCCC(=O)N[C@@H](CC(C)C)C(=O)NC(C)(CCC(=O)O)C(=O)OC. The van der Waals surface area contributed by atoms with E-state index in [0.717, 1.165) is 19.3 Å². The molecule has 0 fully saturated rings. The number of aliphatic carboxylic acids is 1. The summed E-state index contributed by atoms with van der Waals surface area (Å²) >= 11 is 0. The highest BCUT2D eigenvalue weighted by molar-refractivity contribution is 5.92. The number of esters is 1. The van der Waals surface area contributed by atoms with Gasteiger partial charge in [-0.05, 0) is 32.1 Å². The van der Waals surface area contributed by atoms with Crippen molar-refractivity contribution in [2.75, 3.05) is 7.11 Å². The summed E-state index contributed by atoms with van der Waals surface area (Å²) in [5.41, 5.74) is -1.48. The standard InChI is InChI=1S/C22H40N2O6/c1-6-7-8-9-10-11-12-18(25)23-17(15-16(2)3)20(28)24-22(4,21(29)30-5)14-13-19(26)27/h16-17H,6-15H2,1-5H3,(H,23,25)(H,24,28)(H,26,27)/t17-,22?/m0/s1. The molecule has 0 aliphatic heterocycles. The third kappa shape index (κ3) is 11.8. The summed E-state index contributed by atoms with van der Waals surface area (Å²) in [5.74, 6) is -2.38. The van der Waals surface area contributed by atoms with Crippen molar-refractivity contribution in [2.45, 2.75) is 103 Å². The molecule has 0 aliphatic rings. The Morgan fingerprint density at radius 1 is 1.00 bits per heavy atom. The Morgan fingerprint density at radius 2 is 1.60 bits per heavy atom. The molecule has 2 amide bonds. The minimum atomic E-state index is -1.48. The Hall–Kier alpha value is -2.12. The topological polar surface area (TPSA) is 122 Å². The highest BCUT2D eigenvalue weighted by Crippen LogP contribution is 2.16. The van der Waals surface area contributed by atoms with Gasteiger partial charge in [-0.15, -0.1) is 0 Å². The second kappa shape index (κ2) is 14.8. The van der Waals surface area contributed by atoms with Gasteiger partial charge < -0.3 is 20.5 Å². The number of carbonyl (C=O) groups is 4. The lowest BCUT2D eigenvalue weighted by atomic mass is 9.94. The first-order valence-corrected chi connectivity index (χ1v) is 11.0. The minimum absolute atomic E-state index is 0.110. The number of carbonyl (C=O) groups excluding carboxylic acids is 3. The molecule has 0 bridgehead atoms. The van der Waals surface area contributed by atoms with Crippen molar-refractivity contribution in [2.24, 2.45) is 5.92 Å². The number of unbranched alkanes of at least 4 members (excludes halogenated alkanes) is 5. The monoisotopic (exact) mass is 428 g/mol. The van der Waals surface area contributed by atoms with Crippen LogP contribution in [0.25, 0.3) is 0 Å². The van der Waals surface area contributed by atoms with Gasteiger partial charge in [0.25, 0.3) is 0 Å². The quantitative estimate of drug-likeness (QED) is 0.256. The third-order valence-electron chi connectivity index (χ3n) is 4.99. The highest BCUT2D eigenvalue weighted by atomic mass is 16.5.